The summed E-state index contributed by atoms with van der Waals surface area (Å²) < 4.78 is 0. The van der Waals surface area contributed by atoms with Crippen molar-refractivity contribution in [3.8, 4) is 0 Å². The molecule has 16 heavy (non-hydrogen) atoms. The monoisotopic (exact) mass is 230 g/mol. The van der Waals surface area contributed by atoms with Gasteiger partial charge in [-0.2, -0.15) is 0 Å². The summed E-state index contributed by atoms with van der Waals surface area (Å²) in [6.07, 6.45) is 1.86. The van der Waals surface area contributed by atoms with E-state index >= 15 is 0 Å². The zero-order valence-electron chi connectivity index (χ0n) is 10.7. The van der Waals surface area contributed by atoms with Gasteiger partial charge in [-0.05, 0) is 27.2 Å². The number of hydrogen-bond acceptors (Lipinski definition) is 2. The van der Waals surface area contributed by atoms with E-state index in [0.717, 1.165) is 12.8 Å². The first-order valence-corrected chi connectivity index (χ1v) is 5.51. The molecular formula is C11H22N2O3. The first-order chi connectivity index (χ1) is 7.23. The molecule has 5 nitrogen and oxygen atoms in total. The van der Waals surface area contributed by atoms with Crippen LogP contribution in [0.3, 0.4) is 0 Å². The van der Waals surface area contributed by atoms with Crippen LogP contribution >= 0.6 is 0 Å². The van der Waals surface area contributed by atoms with E-state index in [2.05, 4.69) is 5.32 Å². The summed E-state index contributed by atoms with van der Waals surface area (Å²) in [4.78, 5) is 23.9. The van der Waals surface area contributed by atoms with E-state index in [0.29, 0.717) is 0 Å². The molecule has 0 aliphatic rings. The van der Waals surface area contributed by atoms with Gasteiger partial charge in [0.15, 0.2) is 0 Å². The molecule has 0 heterocycles. The van der Waals surface area contributed by atoms with Crippen LogP contribution in [0.1, 0.15) is 40.5 Å². The predicted molar refractivity (Wildman–Crippen MR) is 62.4 cm³/mol. The molecule has 2 amide bonds. The van der Waals surface area contributed by atoms with Crippen molar-refractivity contribution in [2.45, 2.75) is 52.1 Å². The molecule has 0 aliphatic carbocycles. The highest BCUT2D eigenvalue weighted by atomic mass is 16.4. The van der Waals surface area contributed by atoms with Gasteiger partial charge in [0, 0.05) is 13.1 Å². The van der Waals surface area contributed by atoms with Gasteiger partial charge in [-0.1, -0.05) is 13.3 Å². The zero-order valence-corrected chi connectivity index (χ0v) is 10.7. The summed E-state index contributed by atoms with van der Waals surface area (Å²) >= 11 is 0. The number of carbonyl (C=O) groups is 2. The second kappa shape index (κ2) is 5.72. The van der Waals surface area contributed by atoms with Crippen LogP contribution in [0.5, 0.6) is 0 Å². The van der Waals surface area contributed by atoms with E-state index in [1.807, 2.05) is 13.8 Å². The first-order valence-electron chi connectivity index (χ1n) is 5.51. The van der Waals surface area contributed by atoms with Crippen molar-refractivity contribution >= 4 is 12.0 Å². The Kier molecular flexibility index (Phi) is 5.27. The zero-order chi connectivity index (χ0) is 12.9. The molecule has 94 valence electrons. The fourth-order valence-corrected chi connectivity index (χ4v) is 1.21. The van der Waals surface area contributed by atoms with E-state index in [1.165, 1.54) is 25.8 Å². The maximum Gasteiger partial charge on any atom is 0.329 e. The number of urea groups is 1. The van der Waals surface area contributed by atoms with Crippen LogP contribution in [-0.4, -0.2) is 40.6 Å². The smallest absolute Gasteiger partial charge is 0.329 e. The van der Waals surface area contributed by atoms with Crippen LogP contribution in [-0.2, 0) is 4.79 Å². The van der Waals surface area contributed by atoms with Gasteiger partial charge in [0.1, 0.15) is 5.54 Å². The molecule has 0 spiro atoms. The molecule has 1 atom stereocenters. The third kappa shape index (κ3) is 3.72. The van der Waals surface area contributed by atoms with Crippen molar-refractivity contribution in [2.24, 2.45) is 0 Å². The van der Waals surface area contributed by atoms with Crippen molar-refractivity contribution in [1.82, 2.24) is 10.2 Å². The van der Waals surface area contributed by atoms with E-state index < -0.39 is 11.5 Å². The minimum Gasteiger partial charge on any atom is -0.480 e. The lowest BCUT2D eigenvalue weighted by atomic mass is 10.0. The Bertz CT molecular complexity index is 264. The maximum atomic E-state index is 11.7. The molecular weight excluding hydrogens is 208 g/mol. The largest absolute Gasteiger partial charge is 0.480 e. The molecule has 0 aromatic rings. The van der Waals surface area contributed by atoms with E-state index in [4.69, 9.17) is 5.11 Å². The van der Waals surface area contributed by atoms with E-state index in [1.54, 1.807) is 0 Å². The Balaban J connectivity index is 4.45. The van der Waals surface area contributed by atoms with Gasteiger partial charge in [-0.25, -0.2) is 9.59 Å². The van der Waals surface area contributed by atoms with Crippen LogP contribution in [0.4, 0.5) is 4.79 Å². The summed E-state index contributed by atoms with van der Waals surface area (Å²) in [6.45, 7) is 6.94. The summed E-state index contributed by atoms with van der Waals surface area (Å²) in [5, 5.41) is 11.7. The van der Waals surface area contributed by atoms with Crippen molar-refractivity contribution in [1.29, 1.82) is 0 Å². The standard InChI is InChI=1S/C11H22N2O3/c1-6-7-8(2)12-10(16)13(5)11(3,4)9(14)15/h8H,6-7H2,1-5H3,(H,12,16)(H,14,15). The number of carbonyl (C=O) groups excluding carboxylic acids is 1. The fourth-order valence-electron chi connectivity index (χ4n) is 1.21. The number of nitrogens with one attached hydrogen (secondary N) is 1. The molecule has 0 saturated carbocycles. The van der Waals surface area contributed by atoms with E-state index in [9.17, 15) is 9.59 Å². The molecule has 0 rings (SSSR count). The van der Waals surface area contributed by atoms with Gasteiger partial charge in [0.05, 0.1) is 0 Å². The Morgan fingerprint density at radius 3 is 2.31 bits per heavy atom. The van der Waals surface area contributed by atoms with Crippen molar-refractivity contribution < 1.29 is 14.7 Å². The highest BCUT2D eigenvalue weighted by Crippen LogP contribution is 2.12. The summed E-state index contributed by atoms with van der Waals surface area (Å²) in [5.41, 5.74) is -1.20. The van der Waals surface area contributed by atoms with Crippen molar-refractivity contribution in [3.05, 3.63) is 0 Å². The Labute approximate surface area is 96.8 Å². The normalized spacial score (nSPS) is 13.1. The molecule has 0 aliphatic heterocycles. The minimum atomic E-state index is -1.20. The lowest BCUT2D eigenvalue weighted by Crippen LogP contribution is -2.55. The first kappa shape index (κ1) is 14.7. The van der Waals surface area contributed by atoms with Crippen LogP contribution in [0.15, 0.2) is 0 Å². The minimum absolute atomic E-state index is 0.0598. The molecule has 0 fully saturated rings. The number of nitrogens with zero attached hydrogens (tertiary/aromatic N) is 1. The summed E-state index contributed by atoms with van der Waals surface area (Å²) in [6, 6.07) is -0.294. The van der Waals surface area contributed by atoms with Gasteiger partial charge in [0.2, 0.25) is 0 Å². The predicted octanol–water partition coefficient (Wildman–Crippen LogP) is 1.68. The molecule has 5 heteroatoms. The molecule has 0 aromatic carbocycles. The quantitative estimate of drug-likeness (QED) is 0.755. The Morgan fingerprint density at radius 2 is 1.94 bits per heavy atom. The second-order valence-corrected chi connectivity index (χ2v) is 4.56. The van der Waals surface area contributed by atoms with Gasteiger partial charge in [-0.15, -0.1) is 0 Å². The number of amides is 2. The number of carboxylic acids is 1. The topological polar surface area (TPSA) is 69.6 Å². The van der Waals surface area contributed by atoms with E-state index in [-0.39, 0.29) is 12.1 Å². The van der Waals surface area contributed by atoms with Crippen molar-refractivity contribution in [3.63, 3.8) is 0 Å². The maximum absolute atomic E-state index is 11.7. The molecule has 0 saturated heterocycles. The number of carboxylic acid groups (broad SMARTS) is 1. The number of rotatable bonds is 5. The molecule has 0 bridgehead atoms. The Hall–Kier alpha value is -1.26. The van der Waals surface area contributed by atoms with Crippen LogP contribution in [0, 0.1) is 0 Å². The number of hydrogen-bond donors (Lipinski definition) is 2. The second-order valence-electron chi connectivity index (χ2n) is 4.56. The lowest BCUT2D eigenvalue weighted by Gasteiger charge is -2.32. The van der Waals surface area contributed by atoms with Gasteiger partial charge in [0.25, 0.3) is 0 Å². The highest BCUT2D eigenvalue weighted by molar-refractivity contribution is 5.85. The van der Waals surface area contributed by atoms with Crippen LogP contribution < -0.4 is 5.32 Å². The number of likely N-dealkylation sites (N-methyl/N-ethyl adjacent to an activating group) is 1. The lowest BCUT2D eigenvalue weighted by molar-refractivity contribution is -0.146. The van der Waals surface area contributed by atoms with Gasteiger partial charge in [-0.3, -0.25) is 0 Å². The average Bonchev–Trinajstić information content (AvgIpc) is 2.16. The SMILES string of the molecule is CCCC(C)NC(=O)N(C)C(C)(C)C(=O)O. The molecule has 2 N–H and O–H groups in total. The third-order valence-corrected chi connectivity index (χ3v) is 2.76. The third-order valence-electron chi connectivity index (χ3n) is 2.76. The summed E-state index contributed by atoms with van der Waals surface area (Å²) in [7, 11) is 1.49. The average molecular weight is 230 g/mol. The van der Waals surface area contributed by atoms with Gasteiger partial charge >= 0.3 is 12.0 Å². The van der Waals surface area contributed by atoms with Gasteiger partial charge < -0.3 is 15.3 Å². The highest BCUT2D eigenvalue weighted by Gasteiger charge is 2.35. The fraction of sp³-hybridized carbons (Fsp3) is 0.818. The number of aliphatic carboxylic acids is 1. The Morgan fingerprint density at radius 1 is 1.44 bits per heavy atom. The molecule has 0 aromatic heterocycles. The van der Waals surface area contributed by atoms with Crippen LogP contribution in [0.2, 0.25) is 0 Å². The molecule has 0 radical (unpaired) electrons. The van der Waals surface area contributed by atoms with Crippen LogP contribution in [0.25, 0.3) is 0 Å². The van der Waals surface area contributed by atoms with Crippen molar-refractivity contribution in [2.75, 3.05) is 7.05 Å². The molecule has 1 unspecified atom stereocenters. The summed E-state index contributed by atoms with van der Waals surface area (Å²) in [5.74, 6) is -1.02.